The molecule has 0 bridgehead atoms. The summed E-state index contributed by atoms with van der Waals surface area (Å²) in [5.41, 5.74) is 2.84. The van der Waals surface area contributed by atoms with Gasteiger partial charge in [-0.05, 0) is 26.5 Å². The first-order valence-electron chi connectivity index (χ1n) is 4.04. The third-order valence-electron chi connectivity index (χ3n) is 2.18. The second-order valence-electron chi connectivity index (χ2n) is 3.78. The first-order chi connectivity index (χ1) is 4.91. The van der Waals surface area contributed by atoms with E-state index in [9.17, 15) is 0 Å². The Balaban J connectivity index is 4.42. The van der Waals surface area contributed by atoms with E-state index in [1.54, 1.807) is 0 Å². The second kappa shape index (κ2) is 3.88. The Morgan fingerprint density at radius 3 is 1.91 bits per heavy atom. The lowest BCUT2D eigenvalue weighted by molar-refractivity contribution is -0.855. The lowest BCUT2D eigenvalue weighted by atomic mass is 10.2. The Kier molecular flexibility index (Phi) is 3.76. The lowest BCUT2D eigenvalue weighted by Gasteiger charge is -2.30. The molecule has 0 fully saturated rings. The molecule has 66 valence electrons. The molecule has 1 N–H and O–H groups in total. The monoisotopic (exact) mass is 157 g/mol. The molecule has 0 atom stereocenters. The van der Waals surface area contributed by atoms with Crippen LogP contribution in [0.5, 0.6) is 0 Å². The van der Waals surface area contributed by atoms with E-state index in [-0.39, 0.29) is 0 Å². The molecule has 0 amide bonds. The van der Waals surface area contributed by atoms with Gasteiger partial charge in [-0.15, -0.1) is 0 Å². The molecule has 0 rings (SSSR count). The summed E-state index contributed by atoms with van der Waals surface area (Å²) in [4.78, 5) is 0. The number of hydrogen-bond acceptors (Lipinski definition) is 1. The smallest absolute Gasteiger partial charge is 0.136 e. The van der Waals surface area contributed by atoms with Crippen molar-refractivity contribution < 1.29 is 4.48 Å². The first-order valence-corrected chi connectivity index (χ1v) is 4.04. The summed E-state index contributed by atoms with van der Waals surface area (Å²) in [5.74, 6) is 0. The number of nitrogens with one attached hydrogen (secondary N) is 1. The number of nitrogens with zero attached hydrogens (tertiary/aromatic N) is 1. The topological polar surface area (TPSA) is 12.0 Å². The molecule has 11 heavy (non-hydrogen) atoms. The van der Waals surface area contributed by atoms with Gasteiger partial charge in [0, 0.05) is 6.92 Å². The van der Waals surface area contributed by atoms with Crippen molar-refractivity contribution in [3.63, 3.8) is 0 Å². The highest BCUT2D eigenvalue weighted by Crippen LogP contribution is 2.12. The maximum Gasteiger partial charge on any atom is 0.136 e. The molecular weight excluding hydrogens is 136 g/mol. The average Bonchev–Trinajstić information content (AvgIpc) is 1.86. The van der Waals surface area contributed by atoms with Gasteiger partial charge < -0.3 is 0 Å². The molecule has 0 aromatic heterocycles. The summed E-state index contributed by atoms with van der Waals surface area (Å²) >= 11 is 0. The van der Waals surface area contributed by atoms with Crippen molar-refractivity contribution >= 4 is 0 Å². The molecule has 0 unspecified atom stereocenters. The molecule has 0 saturated heterocycles. The van der Waals surface area contributed by atoms with Gasteiger partial charge in [0.2, 0.25) is 0 Å². The average molecular weight is 157 g/mol. The van der Waals surface area contributed by atoms with Crippen molar-refractivity contribution in [2.75, 3.05) is 27.8 Å². The van der Waals surface area contributed by atoms with Crippen LogP contribution >= 0.6 is 0 Å². The summed E-state index contributed by atoms with van der Waals surface area (Å²) < 4.78 is 0.929. The van der Waals surface area contributed by atoms with Crippen LogP contribution in [0.25, 0.3) is 0 Å². The number of hydrogen-bond donors (Lipinski definition) is 1. The van der Waals surface area contributed by atoms with Crippen LogP contribution in [0.1, 0.15) is 20.8 Å². The Morgan fingerprint density at radius 1 is 1.18 bits per heavy atom. The quantitative estimate of drug-likeness (QED) is 0.484. The number of allylic oxidation sites excluding steroid dienone is 2. The predicted octanol–water partition coefficient (Wildman–Crippen LogP) is 1.55. The van der Waals surface area contributed by atoms with Crippen molar-refractivity contribution in [3.05, 3.63) is 11.3 Å². The van der Waals surface area contributed by atoms with E-state index >= 15 is 0 Å². The SMILES string of the molecule is CNC[N+](C)(C)C(C)=C(C)C. The van der Waals surface area contributed by atoms with Gasteiger partial charge in [-0.1, -0.05) is 0 Å². The van der Waals surface area contributed by atoms with Gasteiger partial charge in [0.25, 0.3) is 0 Å². The second-order valence-corrected chi connectivity index (χ2v) is 3.78. The van der Waals surface area contributed by atoms with Crippen LogP contribution in [0.4, 0.5) is 0 Å². The highest BCUT2D eigenvalue weighted by atomic mass is 15.4. The van der Waals surface area contributed by atoms with Crippen LogP contribution in [-0.2, 0) is 0 Å². The molecule has 0 aliphatic heterocycles. The minimum absolute atomic E-state index is 0.929. The zero-order chi connectivity index (χ0) is 9.07. The van der Waals surface area contributed by atoms with Gasteiger partial charge >= 0.3 is 0 Å². The Hall–Kier alpha value is -0.340. The van der Waals surface area contributed by atoms with Crippen molar-refractivity contribution in [3.8, 4) is 0 Å². The summed E-state index contributed by atoms with van der Waals surface area (Å²) in [5, 5.41) is 3.18. The Morgan fingerprint density at radius 2 is 1.64 bits per heavy atom. The molecule has 0 aliphatic carbocycles. The number of quaternary nitrogens is 1. The molecule has 2 nitrogen and oxygen atoms in total. The van der Waals surface area contributed by atoms with Crippen molar-refractivity contribution in [1.29, 1.82) is 0 Å². The van der Waals surface area contributed by atoms with Gasteiger partial charge in [0.1, 0.15) is 12.4 Å². The zero-order valence-corrected chi connectivity index (χ0v) is 8.65. The summed E-state index contributed by atoms with van der Waals surface area (Å²) in [6.07, 6.45) is 0. The fraction of sp³-hybridized carbons (Fsp3) is 0.778. The fourth-order valence-electron chi connectivity index (χ4n) is 1.12. The highest BCUT2D eigenvalue weighted by Gasteiger charge is 2.17. The predicted molar refractivity (Wildman–Crippen MR) is 50.1 cm³/mol. The van der Waals surface area contributed by atoms with Gasteiger partial charge in [-0.2, -0.15) is 0 Å². The van der Waals surface area contributed by atoms with Crippen molar-refractivity contribution in [1.82, 2.24) is 5.32 Å². The van der Waals surface area contributed by atoms with Crippen LogP contribution in [0, 0.1) is 0 Å². The summed E-state index contributed by atoms with van der Waals surface area (Å²) in [7, 11) is 6.40. The molecule has 0 spiro atoms. The molecule has 0 aliphatic rings. The first kappa shape index (κ1) is 10.7. The molecule has 2 heteroatoms. The fourth-order valence-corrected chi connectivity index (χ4v) is 1.12. The van der Waals surface area contributed by atoms with Gasteiger partial charge in [0.15, 0.2) is 0 Å². The molecule has 0 heterocycles. The zero-order valence-electron chi connectivity index (χ0n) is 8.65. The van der Waals surface area contributed by atoms with E-state index in [4.69, 9.17) is 0 Å². The molecule has 0 radical (unpaired) electrons. The van der Waals surface area contributed by atoms with E-state index in [0.29, 0.717) is 0 Å². The lowest BCUT2D eigenvalue weighted by Crippen LogP contribution is -2.44. The highest BCUT2D eigenvalue weighted by molar-refractivity contribution is 4.98. The largest absolute Gasteiger partial charge is 0.288 e. The maximum absolute atomic E-state index is 3.18. The van der Waals surface area contributed by atoms with Crippen LogP contribution in [-0.4, -0.2) is 32.3 Å². The third-order valence-corrected chi connectivity index (χ3v) is 2.18. The minimum atomic E-state index is 0.929. The minimum Gasteiger partial charge on any atom is -0.288 e. The summed E-state index contributed by atoms with van der Waals surface area (Å²) in [6, 6.07) is 0. The van der Waals surface area contributed by atoms with Crippen molar-refractivity contribution in [2.24, 2.45) is 0 Å². The normalized spacial score (nSPS) is 11.5. The van der Waals surface area contributed by atoms with Crippen LogP contribution < -0.4 is 5.32 Å². The van der Waals surface area contributed by atoms with Crippen molar-refractivity contribution in [2.45, 2.75) is 20.8 Å². The van der Waals surface area contributed by atoms with Crippen LogP contribution in [0.3, 0.4) is 0 Å². The van der Waals surface area contributed by atoms with E-state index in [0.717, 1.165) is 11.2 Å². The third kappa shape index (κ3) is 3.04. The molecule has 0 aromatic carbocycles. The van der Waals surface area contributed by atoms with Gasteiger partial charge in [-0.3, -0.25) is 9.80 Å². The van der Waals surface area contributed by atoms with Crippen LogP contribution in [0.2, 0.25) is 0 Å². The molecule has 0 aromatic rings. The van der Waals surface area contributed by atoms with Gasteiger partial charge in [-0.25, -0.2) is 0 Å². The van der Waals surface area contributed by atoms with E-state index in [2.05, 4.69) is 40.2 Å². The number of rotatable bonds is 3. The molecule has 0 saturated carbocycles. The standard InChI is InChI=1S/C9H21N2/c1-8(2)9(3)11(5,6)7-10-4/h10H,7H2,1-6H3/q+1. The Labute approximate surface area is 70.5 Å². The summed E-state index contributed by atoms with van der Waals surface area (Å²) in [6.45, 7) is 7.49. The van der Waals surface area contributed by atoms with E-state index < -0.39 is 0 Å². The molecular formula is C9H21N2+. The van der Waals surface area contributed by atoms with E-state index in [1.807, 2.05) is 7.05 Å². The van der Waals surface area contributed by atoms with E-state index in [1.165, 1.54) is 11.3 Å². The van der Waals surface area contributed by atoms with Gasteiger partial charge in [0.05, 0.1) is 14.1 Å². The maximum atomic E-state index is 3.18. The van der Waals surface area contributed by atoms with Crippen LogP contribution in [0.15, 0.2) is 11.3 Å². The Bertz CT molecular complexity index is 153.